The number of halogens is 2. The van der Waals surface area contributed by atoms with Gasteiger partial charge < -0.3 is 25.0 Å². The first kappa shape index (κ1) is 31.0. The van der Waals surface area contributed by atoms with E-state index < -0.39 is 49.1 Å². The molecule has 2 aliphatic heterocycles. The van der Waals surface area contributed by atoms with Crippen LogP contribution in [0.3, 0.4) is 0 Å². The maximum atomic E-state index is 13.8. The van der Waals surface area contributed by atoms with E-state index in [1.165, 1.54) is 11.0 Å². The SMILES string of the molecule is CC(C)(C=C(C#N)C(=O)N1CCCC[C@@H]1COC(=O)NC(Cc1ccc(C#N)cc1)B(O)O)N1CCC(F)(F)C1. The number of hydrogen-bond donors (Lipinski definition) is 3. The number of likely N-dealkylation sites (tertiary alicyclic amines) is 2. The van der Waals surface area contributed by atoms with E-state index in [1.807, 2.05) is 12.1 Å². The fourth-order valence-corrected chi connectivity index (χ4v) is 4.98. The van der Waals surface area contributed by atoms with E-state index in [9.17, 15) is 33.7 Å². The van der Waals surface area contributed by atoms with Crippen LogP contribution in [0.1, 0.15) is 50.7 Å². The molecule has 3 rings (SSSR count). The van der Waals surface area contributed by atoms with Crippen molar-refractivity contribution in [1.82, 2.24) is 15.1 Å². The number of amides is 2. The van der Waals surface area contributed by atoms with Gasteiger partial charge in [-0.3, -0.25) is 9.69 Å². The predicted molar refractivity (Wildman–Crippen MR) is 142 cm³/mol. The van der Waals surface area contributed by atoms with Crippen LogP contribution in [0.2, 0.25) is 0 Å². The van der Waals surface area contributed by atoms with Gasteiger partial charge in [0.25, 0.3) is 11.8 Å². The lowest BCUT2D eigenvalue weighted by Gasteiger charge is -2.36. The lowest BCUT2D eigenvalue weighted by Crippen LogP contribution is -2.50. The molecule has 0 saturated carbocycles. The number of alkyl carbamates (subject to hydrolysis) is 1. The Bertz CT molecular complexity index is 1180. The first-order valence-corrected chi connectivity index (χ1v) is 13.2. The summed E-state index contributed by atoms with van der Waals surface area (Å²) in [4.78, 5) is 28.9. The lowest BCUT2D eigenvalue weighted by atomic mass is 9.76. The summed E-state index contributed by atoms with van der Waals surface area (Å²) in [5.41, 5.74) is -0.00291. The zero-order valence-electron chi connectivity index (χ0n) is 22.6. The number of nitrogens with zero attached hydrogens (tertiary/aromatic N) is 4. The second-order valence-electron chi connectivity index (χ2n) is 10.8. The monoisotopic (exact) mass is 557 g/mol. The minimum absolute atomic E-state index is 0.0710. The van der Waals surface area contributed by atoms with Crippen molar-refractivity contribution in [1.29, 1.82) is 10.5 Å². The molecule has 1 aromatic carbocycles. The van der Waals surface area contributed by atoms with Gasteiger partial charge in [-0.2, -0.15) is 10.5 Å². The standard InChI is InChI=1S/C27H34BF2N5O5/c1-26(2,34-12-10-27(29,30)18-34)14-21(16-32)24(36)35-11-4-3-5-22(35)17-40-25(37)33-23(28(38)39)13-19-6-8-20(15-31)9-7-19/h6-9,14,22-23,38-39H,3-5,10-13,17-18H2,1-2H3,(H,33,37)/t22-,23?/m1/s1. The molecule has 10 nitrogen and oxygen atoms in total. The molecule has 13 heteroatoms. The van der Waals surface area contributed by atoms with Crippen LogP contribution in [0, 0.1) is 22.7 Å². The molecule has 40 heavy (non-hydrogen) atoms. The Hall–Kier alpha value is -3.52. The third-order valence-corrected chi connectivity index (χ3v) is 7.33. The van der Waals surface area contributed by atoms with Crippen LogP contribution in [-0.4, -0.2) is 88.7 Å². The van der Waals surface area contributed by atoms with Crippen molar-refractivity contribution >= 4 is 19.1 Å². The van der Waals surface area contributed by atoms with Gasteiger partial charge in [-0.1, -0.05) is 12.1 Å². The fraction of sp³-hybridized carbons (Fsp3) is 0.556. The summed E-state index contributed by atoms with van der Waals surface area (Å²) in [5, 5.41) is 40.6. The number of carbonyl (C=O) groups is 2. The summed E-state index contributed by atoms with van der Waals surface area (Å²) < 4.78 is 32.9. The molecule has 0 spiro atoms. The van der Waals surface area contributed by atoms with Crippen molar-refractivity contribution in [2.24, 2.45) is 0 Å². The highest BCUT2D eigenvalue weighted by Gasteiger charge is 2.43. The molecule has 2 saturated heterocycles. The molecule has 1 unspecified atom stereocenters. The van der Waals surface area contributed by atoms with Gasteiger partial charge in [0, 0.05) is 25.0 Å². The second-order valence-corrected chi connectivity index (χ2v) is 10.8. The Kier molecular flexibility index (Phi) is 10.3. The minimum atomic E-state index is -2.81. The Labute approximate surface area is 232 Å². The summed E-state index contributed by atoms with van der Waals surface area (Å²) in [6.45, 7) is 3.23. The van der Waals surface area contributed by atoms with Crippen LogP contribution in [0.25, 0.3) is 0 Å². The lowest BCUT2D eigenvalue weighted by molar-refractivity contribution is -0.131. The first-order valence-electron chi connectivity index (χ1n) is 13.2. The number of carbonyl (C=O) groups excluding carboxylic acids is 2. The van der Waals surface area contributed by atoms with Gasteiger partial charge in [0.1, 0.15) is 18.2 Å². The fourth-order valence-electron chi connectivity index (χ4n) is 4.98. The largest absolute Gasteiger partial charge is 0.475 e. The molecular weight excluding hydrogens is 523 g/mol. The number of ether oxygens (including phenoxy) is 1. The highest BCUT2D eigenvalue weighted by molar-refractivity contribution is 6.43. The molecule has 0 aromatic heterocycles. The summed E-state index contributed by atoms with van der Waals surface area (Å²) in [5.74, 6) is -4.46. The quantitative estimate of drug-likeness (QED) is 0.238. The summed E-state index contributed by atoms with van der Waals surface area (Å²) in [6.07, 6.45) is 2.30. The third-order valence-electron chi connectivity index (χ3n) is 7.33. The van der Waals surface area contributed by atoms with E-state index in [1.54, 1.807) is 43.0 Å². The second kappa shape index (κ2) is 13.2. The molecule has 0 aliphatic carbocycles. The van der Waals surface area contributed by atoms with Crippen LogP contribution >= 0.6 is 0 Å². The number of nitriles is 2. The van der Waals surface area contributed by atoms with Gasteiger partial charge in [0.15, 0.2) is 0 Å². The number of hydrogen-bond acceptors (Lipinski definition) is 8. The highest BCUT2D eigenvalue weighted by Crippen LogP contribution is 2.33. The Morgan fingerprint density at radius 2 is 1.95 bits per heavy atom. The zero-order chi connectivity index (χ0) is 29.5. The number of alkyl halides is 2. The van der Waals surface area contributed by atoms with E-state index in [0.717, 1.165) is 6.42 Å². The topological polar surface area (TPSA) is 150 Å². The molecule has 2 atom stereocenters. The zero-order valence-corrected chi connectivity index (χ0v) is 22.6. The van der Waals surface area contributed by atoms with Crippen molar-refractivity contribution in [3.8, 4) is 12.1 Å². The van der Waals surface area contributed by atoms with Gasteiger partial charge in [0.2, 0.25) is 0 Å². The molecule has 2 amide bonds. The Morgan fingerprint density at radius 1 is 1.25 bits per heavy atom. The smallest absolute Gasteiger partial charge is 0.447 e. The molecular formula is C27H34BF2N5O5. The molecule has 2 fully saturated rings. The predicted octanol–water partition coefficient (Wildman–Crippen LogP) is 2.16. The van der Waals surface area contributed by atoms with E-state index in [2.05, 4.69) is 5.32 Å². The molecule has 0 radical (unpaired) electrons. The van der Waals surface area contributed by atoms with Crippen LogP contribution in [0.4, 0.5) is 13.6 Å². The average molecular weight is 557 g/mol. The average Bonchev–Trinajstić information content (AvgIpc) is 3.30. The number of rotatable bonds is 9. The third kappa shape index (κ3) is 8.24. The van der Waals surface area contributed by atoms with Gasteiger partial charge in [-0.25, -0.2) is 13.6 Å². The number of nitrogens with one attached hydrogen (secondary N) is 1. The van der Waals surface area contributed by atoms with Crippen LogP contribution in [0.15, 0.2) is 35.9 Å². The van der Waals surface area contributed by atoms with Crippen molar-refractivity contribution in [2.75, 3.05) is 26.2 Å². The number of benzene rings is 1. The minimum Gasteiger partial charge on any atom is -0.447 e. The maximum Gasteiger partial charge on any atom is 0.475 e. The summed E-state index contributed by atoms with van der Waals surface area (Å²) >= 11 is 0. The van der Waals surface area contributed by atoms with Crippen molar-refractivity contribution in [3.05, 3.63) is 47.0 Å². The normalized spacial score (nSPS) is 20.2. The molecule has 2 aliphatic rings. The number of piperidine rings is 1. The Balaban J connectivity index is 1.62. The van der Waals surface area contributed by atoms with Crippen molar-refractivity contribution in [2.45, 2.75) is 69.4 Å². The highest BCUT2D eigenvalue weighted by atomic mass is 19.3. The van der Waals surface area contributed by atoms with Crippen molar-refractivity contribution in [3.63, 3.8) is 0 Å². The molecule has 3 N–H and O–H groups in total. The first-order chi connectivity index (χ1) is 18.8. The van der Waals surface area contributed by atoms with Gasteiger partial charge in [-0.05, 0) is 63.3 Å². The maximum absolute atomic E-state index is 13.8. The molecule has 214 valence electrons. The summed E-state index contributed by atoms with van der Waals surface area (Å²) in [7, 11) is -1.88. The van der Waals surface area contributed by atoms with Crippen LogP contribution < -0.4 is 5.32 Å². The van der Waals surface area contributed by atoms with E-state index in [0.29, 0.717) is 30.5 Å². The Morgan fingerprint density at radius 3 is 2.52 bits per heavy atom. The van der Waals surface area contributed by atoms with Gasteiger partial charge in [0.05, 0.1) is 30.2 Å². The van der Waals surface area contributed by atoms with Crippen molar-refractivity contribution < 1.29 is 33.2 Å². The molecule has 0 bridgehead atoms. The van der Waals surface area contributed by atoms with E-state index >= 15 is 0 Å². The van der Waals surface area contributed by atoms with Crippen LogP contribution in [0.5, 0.6) is 0 Å². The van der Waals surface area contributed by atoms with E-state index in [-0.39, 0.29) is 31.6 Å². The van der Waals surface area contributed by atoms with E-state index in [4.69, 9.17) is 10.00 Å². The summed E-state index contributed by atoms with van der Waals surface area (Å²) in [6, 6.07) is 9.83. The molecule has 2 heterocycles. The van der Waals surface area contributed by atoms with Gasteiger partial charge in [-0.15, -0.1) is 0 Å². The van der Waals surface area contributed by atoms with Gasteiger partial charge >= 0.3 is 13.2 Å². The van der Waals surface area contributed by atoms with Crippen LogP contribution in [-0.2, 0) is 16.0 Å². The molecule has 1 aromatic rings.